The summed E-state index contributed by atoms with van der Waals surface area (Å²) in [5.41, 5.74) is 6.22. The van der Waals surface area contributed by atoms with Crippen molar-refractivity contribution in [1.29, 1.82) is 0 Å². The lowest BCUT2D eigenvalue weighted by atomic mass is 10.0. The summed E-state index contributed by atoms with van der Waals surface area (Å²) >= 11 is 0. The highest BCUT2D eigenvalue weighted by Crippen LogP contribution is 2.23. The van der Waals surface area contributed by atoms with Crippen molar-refractivity contribution in [2.24, 2.45) is 5.84 Å². The third-order valence-corrected chi connectivity index (χ3v) is 3.22. The van der Waals surface area contributed by atoms with Gasteiger partial charge in [-0.25, -0.2) is 5.43 Å². The molecule has 0 saturated heterocycles. The van der Waals surface area contributed by atoms with Crippen LogP contribution in [0.25, 0.3) is 0 Å². The van der Waals surface area contributed by atoms with E-state index in [0.717, 1.165) is 17.7 Å². The number of anilines is 1. The second-order valence-electron chi connectivity index (χ2n) is 4.72. The summed E-state index contributed by atoms with van der Waals surface area (Å²) in [6.07, 6.45) is 3.87. The molecule has 0 fully saturated rings. The van der Waals surface area contributed by atoms with E-state index in [0.29, 0.717) is 0 Å². The lowest BCUT2D eigenvalue weighted by Crippen LogP contribution is -2.28. The van der Waals surface area contributed by atoms with Crippen LogP contribution < -0.4 is 16.2 Å². The molecule has 5 nitrogen and oxygen atoms in total. The minimum absolute atomic E-state index is 0.0310. The maximum atomic E-state index is 5.69. The van der Waals surface area contributed by atoms with Crippen molar-refractivity contribution in [3.8, 4) is 0 Å². The first kappa shape index (κ1) is 13.6. The van der Waals surface area contributed by atoms with Gasteiger partial charge in [0.2, 0.25) is 0 Å². The molecule has 0 spiro atoms. The summed E-state index contributed by atoms with van der Waals surface area (Å²) in [5, 5.41) is 4.29. The van der Waals surface area contributed by atoms with Crippen LogP contribution in [0.1, 0.15) is 24.1 Å². The molecule has 19 heavy (non-hydrogen) atoms. The first-order valence-electron chi connectivity index (χ1n) is 6.41. The van der Waals surface area contributed by atoms with Crippen LogP contribution in [0.15, 0.2) is 36.7 Å². The number of hydrogen-bond acceptors (Lipinski definition) is 4. The topological polar surface area (TPSA) is 59.1 Å². The predicted molar refractivity (Wildman–Crippen MR) is 77.8 cm³/mol. The van der Waals surface area contributed by atoms with Gasteiger partial charge in [-0.1, -0.05) is 12.1 Å². The smallest absolute Gasteiger partial charge is 0.0740 e. The minimum atomic E-state index is -0.0310. The molecule has 5 heteroatoms. The fourth-order valence-electron chi connectivity index (χ4n) is 2.05. The molecule has 0 saturated carbocycles. The standard InChI is InChI=1S/C14H21N5/c1-4-19-10-12(9-16-19)14(17-15)11-5-7-13(8-6-11)18(2)3/h5-10,14,17H,4,15H2,1-3H3. The Kier molecular flexibility index (Phi) is 4.19. The summed E-state index contributed by atoms with van der Waals surface area (Å²) in [5.74, 6) is 5.69. The van der Waals surface area contributed by atoms with Gasteiger partial charge in [-0.3, -0.25) is 10.5 Å². The third-order valence-electron chi connectivity index (χ3n) is 3.22. The normalized spacial score (nSPS) is 12.4. The summed E-state index contributed by atoms with van der Waals surface area (Å²) in [6.45, 7) is 2.92. The molecule has 1 unspecified atom stereocenters. The summed E-state index contributed by atoms with van der Waals surface area (Å²) in [4.78, 5) is 2.07. The van der Waals surface area contributed by atoms with E-state index in [1.54, 1.807) is 0 Å². The molecule has 1 aromatic carbocycles. The average Bonchev–Trinajstić information content (AvgIpc) is 2.89. The molecule has 1 aromatic heterocycles. The third kappa shape index (κ3) is 2.94. The van der Waals surface area contributed by atoms with Crippen molar-refractivity contribution in [2.45, 2.75) is 19.5 Å². The molecule has 102 valence electrons. The lowest BCUT2D eigenvalue weighted by Gasteiger charge is -2.17. The number of hydrazine groups is 1. The highest BCUT2D eigenvalue weighted by molar-refractivity contribution is 5.47. The van der Waals surface area contributed by atoms with Crippen LogP contribution in [-0.2, 0) is 6.54 Å². The monoisotopic (exact) mass is 259 g/mol. The number of nitrogens with two attached hydrogens (primary N) is 1. The van der Waals surface area contributed by atoms with Gasteiger partial charge in [0.1, 0.15) is 0 Å². The Labute approximate surface area is 114 Å². The zero-order valence-corrected chi connectivity index (χ0v) is 11.7. The second kappa shape index (κ2) is 5.86. The summed E-state index contributed by atoms with van der Waals surface area (Å²) in [7, 11) is 4.05. The quantitative estimate of drug-likeness (QED) is 0.631. The molecular formula is C14H21N5. The van der Waals surface area contributed by atoms with Crippen LogP contribution in [0.5, 0.6) is 0 Å². The Balaban J connectivity index is 2.26. The molecule has 0 bridgehead atoms. The van der Waals surface area contributed by atoms with E-state index in [9.17, 15) is 0 Å². The summed E-state index contributed by atoms with van der Waals surface area (Å²) < 4.78 is 1.90. The first-order chi connectivity index (χ1) is 9.15. The van der Waals surface area contributed by atoms with Crippen LogP contribution in [0.2, 0.25) is 0 Å². The molecule has 2 rings (SSSR count). The van der Waals surface area contributed by atoms with Crippen molar-refractivity contribution in [3.63, 3.8) is 0 Å². The molecular weight excluding hydrogens is 238 g/mol. The van der Waals surface area contributed by atoms with Gasteiger partial charge in [0.15, 0.2) is 0 Å². The van der Waals surface area contributed by atoms with Gasteiger partial charge in [0.25, 0.3) is 0 Å². The van der Waals surface area contributed by atoms with Crippen molar-refractivity contribution in [3.05, 3.63) is 47.8 Å². The fourth-order valence-corrected chi connectivity index (χ4v) is 2.05. The Morgan fingerprint density at radius 2 is 1.95 bits per heavy atom. The minimum Gasteiger partial charge on any atom is -0.378 e. The van der Waals surface area contributed by atoms with E-state index in [4.69, 9.17) is 5.84 Å². The van der Waals surface area contributed by atoms with Gasteiger partial charge in [-0.15, -0.1) is 0 Å². The van der Waals surface area contributed by atoms with Crippen molar-refractivity contribution in [2.75, 3.05) is 19.0 Å². The fraction of sp³-hybridized carbons (Fsp3) is 0.357. The Morgan fingerprint density at radius 3 is 2.42 bits per heavy atom. The first-order valence-corrected chi connectivity index (χ1v) is 6.41. The molecule has 2 aromatic rings. The zero-order valence-electron chi connectivity index (χ0n) is 11.7. The number of hydrogen-bond donors (Lipinski definition) is 2. The van der Waals surface area contributed by atoms with Gasteiger partial charge in [0, 0.05) is 38.1 Å². The van der Waals surface area contributed by atoms with Gasteiger partial charge in [-0.05, 0) is 24.6 Å². The predicted octanol–water partition coefficient (Wildman–Crippen LogP) is 1.52. The SMILES string of the molecule is CCn1cc(C(NN)c2ccc(N(C)C)cc2)cn1. The van der Waals surface area contributed by atoms with Crippen LogP contribution in [0, 0.1) is 0 Å². The number of nitrogens with zero attached hydrogens (tertiary/aromatic N) is 3. The molecule has 3 N–H and O–H groups in total. The van der Waals surface area contributed by atoms with Crippen molar-refractivity contribution in [1.82, 2.24) is 15.2 Å². The second-order valence-corrected chi connectivity index (χ2v) is 4.72. The van der Waals surface area contributed by atoms with Gasteiger partial charge in [0.05, 0.1) is 12.2 Å². The molecule has 0 aliphatic rings. The van der Waals surface area contributed by atoms with E-state index in [1.165, 1.54) is 5.69 Å². The van der Waals surface area contributed by atoms with Crippen LogP contribution >= 0.6 is 0 Å². The van der Waals surface area contributed by atoms with Gasteiger partial charge < -0.3 is 4.90 Å². The number of nitrogens with one attached hydrogen (secondary N) is 1. The highest BCUT2D eigenvalue weighted by atomic mass is 15.3. The Hall–Kier alpha value is -1.85. The maximum absolute atomic E-state index is 5.69. The van der Waals surface area contributed by atoms with Crippen LogP contribution in [0.3, 0.4) is 0 Å². The van der Waals surface area contributed by atoms with E-state index >= 15 is 0 Å². The molecule has 1 heterocycles. The van der Waals surface area contributed by atoms with Gasteiger partial charge in [-0.2, -0.15) is 5.10 Å². The molecule has 0 aliphatic carbocycles. The molecule has 0 aliphatic heterocycles. The van der Waals surface area contributed by atoms with Crippen LogP contribution in [-0.4, -0.2) is 23.9 Å². The summed E-state index contributed by atoms with van der Waals surface area (Å²) in [6, 6.07) is 8.32. The lowest BCUT2D eigenvalue weighted by molar-refractivity contribution is 0.630. The largest absolute Gasteiger partial charge is 0.378 e. The van der Waals surface area contributed by atoms with Gasteiger partial charge >= 0.3 is 0 Å². The van der Waals surface area contributed by atoms with E-state index in [-0.39, 0.29) is 6.04 Å². The number of aryl methyl sites for hydroxylation is 1. The van der Waals surface area contributed by atoms with E-state index < -0.39 is 0 Å². The van der Waals surface area contributed by atoms with E-state index in [2.05, 4.69) is 46.6 Å². The maximum Gasteiger partial charge on any atom is 0.0740 e. The van der Waals surface area contributed by atoms with Crippen LogP contribution in [0.4, 0.5) is 5.69 Å². The molecule has 1 atom stereocenters. The number of rotatable bonds is 5. The van der Waals surface area contributed by atoms with E-state index in [1.807, 2.05) is 31.2 Å². The Bertz CT molecular complexity index is 515. The average molecular weight is 259 g/mol. The Morgan fingerprint density at radius 1 is 1.26 bits per heavy atom. The molecule has 0 radical (unpaired) electrons. The number of benzene rings is 1. The highest BCUT2D eigenvalue weighted by Gasteiger charge is 2.14. The molecule has 0 amide bonds. The van der Waals surface area contributed by atoms with Crippen molar-refractivity contribution < 1.29 is 0 Å². The number of aromatic nitrogens is 2. The zero-order chi connectivity index (χ0) is 13.8. The van der Waals surface area contributed by atoms with Crippen molar-refractivity contribution >= 4 is 5.69 Å².